The van der Waals surface area contributed by atoms with Crippen molar-refractivity contribution in [1.82, 2.24) is 0 Å². The van der Waals surface area contributed by atoms with Crippen LogP contribution in [0.15, 0.2) is 48.6 Å². The zero-order valence-electron chi connectivity index (χ0n) is 31.6. The lowest BCUT2D eigenvalue weighted by Crippen LogP contribution is -2.29. The molecule has 0 aromatic carbocycles. The number of allylic oxidation sites excluding steroid dienone is 7. The van der Waals surface area contributed by atoms with E-state index in [9.17, 15) is 29.3 Å². The first-order chi connectivity index (χ1) is 24.5. The molecule has 296 valence electrons. The monoisotopic (exact) mass is 744 g/mol. The van der Waals surface area contributed by atoms with E-state index < -0.39 is 51.8 Å². The lowest BCUT2D eigenvalue weighted by molar-refractivity contribution is -0.161. The van der Waals surface area contributed by atoms with Crippen molar-refractivity contribution in [3.8, 4) is 0 Å². The molecule has 0 aromatic heterocycles. The zero-order valence-corrected chi connectivity index (χ0v) is 32.5. The van der Waals surface area contributed by atoms with Crippen molar-refractivity contribution >= 4 is 19.8 Å². The fourth-order valence-corrected chi connectivity index (χ4v) is 5.51. The first-order valence-electron chi connectivity index (χ1n) is 19.0. The normalized spacial score (nSPS) is 15.3. The summed E-state index contributed by atoms with van der Waals surface area (Å²) >= 11 is 0. The van der Waals surface area contributed by atoms with Crippen LogP contribution in [-0.4, -0.2) is 76.9 Å². The van der Waals surface area contributed by atoms with E-state index in [1.807, 2.05) is 24.3 Å². The molecule has 12 heteroatoms. The van der Waals surface area contributed by atoms with Gasteiger partial charge < -0.3 is 29.7 Å². The van der Waals surface area contributed by atoms with E-state index in [4.69, 9.17) is 19.1 Å². The van der Waals surface area contributed by atoms with Crippen molar-refractivity contribution in [2.75, 3.05) is 26.4 Å². The van der Waals surface area contributed by atoms with E-state index >= 15 is 0 Å². The Balaban J connectivity index is 4.48. The summed E-state index contributed by atoms with van der Waals surface area (Å²) in [6.07, 6.45) is 28.8. The van der Waals surface area contributed by atoms with E-state index in [1.165, 1.54) is 25.7 Å². The quantitative estimate of drug-likeness (QED) is 0.0217. The Hall–Kier alpha value is -2.11. The van der Waals surface area contributed by atoms with Gasteiger partial charge in [0.25, 0.3) is 0 Å². The van der Waals surface area contributed by atoms with Gasteiger partial charge in [0.15, 0.2) is 6.10 Å². The molecule has 0 spiro atoms. The van der Waals surface area contributed by atoms with Crippen LogP contribution in [0.3, 0.4) is 0 Å². The van der Waals surface area contributed by atoms with Crippen molar-refractivity contribution in [2.45, 2.75) is 155 Å². The molecule has 0 fully saturated rings. The Morgan fingerprint density at radius 3 is 1.88 bits per heavy atom. The molecular formula is C39H69O11P. The van der Waals surface area contributed by atoms with Crippen LogP contribution in [0.2, 0.25) is 0 Å². The maximum atomic E-state index is 12.5. The summed E-state index contributed by atoms with van der Waals surface area (Å²) in [7, 11) is -4.63. The van der Waals surface area contributed by atoms with Crippen LogP contribution in [-0.2, 0) is 32.7 Å². The highest BCUT2D eigenvalue weighted by Gasteiger charge is 2.27. The lowest BCUT2D eigenvalue weighted by Gasteiger charge is -2.20. The summed E-state index contributed by atoms with van der Waals surface area (Å²) in [5.41, 5.74) is 0. The number of unbranched alkanes of at least 4 members (excludes halogenated alkanes) is 8. The Kier molecular flexibility index (Phi) is 32.3. The number of ether oxygens (including phenoxy) is 2. The molecular weight excluding hydrogens is 675 g/mol. The van der Waals surface area contributed by atoms with Gasteiger partial charge in [0.2, 0.25) is 0 Å². The standard InChI is InChI=1S/C39H69O11P/c1-4-5-26-35(41)27-22-18-14-10-8-6-7-9-11-15-19-23-28-38(43)47-32-37(33-49-51(45,46)48-31-36(42)30-40)50-39(44)29-24-20-16-12-13-17-21-25-34(2)3/h6-7,10-11,14-15,22,27,34-37,40-42H,4-5,8-9,12-13,16-21,23-26,28-33H2,1-3H3,(H,45,46)/b7-6-,14-10-,15-11-,27-22-/t35-,36-,37+/m0/s1. The molecule has 0 radical (unpaired) electrons. The van der Waals surface area contributed by atoms with E-state index in [1.54, 1.807) is 0 Å². The summed E-state index contributed by atoms with van der Waals surface area (Å²) in [4.78, 5) is 34.7. The predicted molar refractivity (Wildman–Crippen MR) is 202 cm³/mol. The number of phosphoric acid groups is 1. The highest BCUT2D eigenvalue weighted by atomic mass is 31.2. The first-order valence-corrected chi connectivity index (χ1v) is 20.5. The van der Waals surface area contributed by atoms with Crippen LogP contribution >= 0.6 is 7.82 Å². The number of hydrogen-bond acceptors (Lipinski definition) is 10. The molecule has 1 unspecified atom stereocenters. The molecule has 0 aliphatic carbocycles. The second-order valence-corrected chi connectivity index (χ2v) is 14.7. The first kappa shape index (κ1) is 48.9. The van der Waals surface area contributed by atoms with Gasteiger partial charge in [0.05, 0.1) is 25.9 Å². The Bertz CT molecular complexity index is 1020. The molecule has 0 saturated heterocycles. The van der Waals surface area contributed by atoms with Crippen LogP contribution in [0.1, 0.15) is 136 Å². The van der Waals surface area contributed by atoms with Crippen LogP contribution in [0, 0.1) is 5.92 Å². The largest absolute Gasteiger partial charge is 0.472 e. The minimum absolute atomic E-state index is 0.148. The number of aliphatic hydroxyl groups excluding tert-OH is 3. The third kappa shape index (κ3) is 34.7. The molecule has 0 rings (SSSR count). The van der Waals surface area contributed by atoms with Crippen molar-refractivity contribution in [3.63, 3.8) is 0 Å². The highest BCUT2D eigenvalue weighted by molar-refractivity contribution is 7.47. The lowest BCUT2D eigenvalue weighted by atomic mass is 10.0. The van der Waals surface area contributed by atoms with Gasteiger partial charge in [-0.3, -0.25) is 18.6 Å². The number of hydrogen-bond donors (Lipinski definition) is 4. The van der Waals surface area contributed by atoms with Gasteiger partial charge in [-0.15, -0.1) is 0 Å². The smallest absolute Gasteiger partial charge is 0.462 e. The molecule has 0 bridgehead atoms. The minimum atomic E-state index is -4.63. The summed E-state index contributed by atoms with van der Waals surface area (Å²) in [6.45, 7) is 4.36. The molecule has 0 amide bonds. The Morgan fingerprint density at radius 1 is 0.686 bits per heavy atom. The number of phosphoric ester groups is 1. The molecule has 11 nitrogen and oxygen atoms in total. The van der Waals surface area contributed by atoms with Crippen molar-refractivity contribution in [3.05, 3.63) is 48.6 Å². The second-order valence-electron chi connectivity index (χ2n) is 13.3. The second kappa shape index (κ2) is 33.7. The Labute approximate surface area is 307 Å². The average molecular weight is 745 g/mol. The highest BCUT2D eigenvalue weighted by Crippen LogP contribution is 2.43. The van der Waals surface area contributed by atoms with Gasteiger partial charge in [-0.1, -0.05) is 127 Å². The molecule has 0 saturated carbocycles. The zero-order chi connectivity index (χ0) is 38.0. The third-order valence-corrected chi connectivity index (χ3v) is 8.69. The summed E-state index contributed by atoms with van der Waals surface area (Å²) in [5, 5.41) is 28.0. The van der Waals surface area contributed by atoms with E-state index in [0.29, 0.717) is 19.3 Å². The van der Waals surface area contributed by atoms with Gasteiger partial charge in [-0.05, 0) is 50.9 Å². The number of rotatable bonds is 34. The Morgan fingerprint density at radius 2 is 1.25 bits per heavy atom. The van der Waals surface area contributed by atoms with Crippen LogP contribution in [0.25, 0.3) is 0 Å². The van der Waals surface area contributed by atoms with E-state index in [-0.39, 0.29) is 25.6 Å². The molecule has 51 heavy (non-hydrogen) atoms. The van der Waals surface area contributed by atoms with E-state index in [2.05, 4.69) is 49.6 Å². The minimum Gasteiger partial charge on any atom is -0.462 e. The number of aliphatic hydroxyl groups is 3. The topological polar surface area (TPSA) is 169 Å². The maximum Gasteiger partial charge on any atom is 0.472 e. The maximum absolute atomic E-state index is 12.5. The van der Waals surface area contributed by atoms with Crippen molar-refractivity contribution in [2.24, 2.45) is 5.92 Å². The van der Waals surface area contributed by atoms with Gasteiger partial charge in [0, 0.05) is 12.8 Å². The number of carbonyl (C=O) groups excluding carboxylic acids is 2. The number of esters is 2. The average Bonchev–Trinajstić information content (AvgIpc) is 3.10. The van der Waals surface area contributed by atoms with Gasteiger partial charge >= 0.3 is 19.8 Å². The molecule has 4 N–H and O–H groups in total. The van der Waals surface area contributed by atoms with Crippen LogP contribution < -0.4 is 0 Å². The van der Waals surface area contributed by atoms with E-state index in [0.717, 1.165) is 63.7 Å². The fraction of sp³-hybridized carbons (Fsp3) is 0.744. The summed E-state index contributed by atoms with van der Waals surface area (Å²) in [5.74, 6) is -0.294. The van der Waals surface area contributed by atoms with Gasteiger partial charge in [-0.2, -0.15) is 0 Å². The van der Waals surface area contributed by atoms with Gasteiger partial charge in [-0.25, -0.2) is 4.57 Å². The summed E-state index contributed by atoms with van der Waals surface area (Å²) < 4.78 is 32.5. The predicted octanol–water partition coefficient (Wildman–Crippen LogP) is 8.21. The van der Waals surface area contributed by atoms with Gasteiger partial charge in [0.1, 0.15) is 12.7 Å². The summed E-state index contributed by atoms with van der Waals surface area (Å²) in [6, 6.07) is 0. The molecule has 4 atom stereocenters. The van der Waals surface area contributed by atoms with Crippen molar-refractivity contribution < 1.29 is 52.9 Å². The fourth-order valence-electron chi connectivity index (χ4n) is 4.72. The van der Waals surface area contributed by atoms with Crippen molar-refractivity contribution in [1.29, 1.82) is 0 Å². The number of carbonyl (C=O) groups is 2. The molecule has 0 aliphatic heterocycles. The molecule has 0 aliphatic rings. The van der Waals surface area contributed by atoms with Crippen LogP contribution in [0.4, 0.5) is 0 Å². The third-order valence-electron chi connectivity index (χ3n) is 7.73. The van der Waals surface area contributed by atoms with Crippen LogP contribution in [0.5, 0.6) is 0 Å². The SMILES string of the molecule is CCCC[C@H](O)/C=C\C/C=C\C/C=C\C/C=C\CCCC(=O)OC[C@H](COP(=O)(O)OC[C@@H](O)CO)OC(=O)CCCCCCCCCC(C)C. The molecule has 0 heterocycles. The molecule has 0 aromatic rings.